The number of carbonyl (C=O) groups is 1. The van der Waals surface area contributed by atoms with Crippen LogP contribution in [0.15, 0.2) is 52.2 Å². The normalized spacial score (nSPS) is 12.1. The molecule has 1 atom stereocenters. The maximum atomic E-state index is 12.4. The van der Waals surface area contributed by atoms with E-state index in [1.165, 1.54) is 11.8 Å². The molecule has 0 bridgehead atoms. The summed E-state index contributed by atoms with van der Waals surface area (Å²) >= 11 is 1.36. The van der Waals surface area contributed by atoms with Gasteiger partial charge < -0.3 is 14.3 Å². The Morgan fingerprint density at radius 1 is 1.29 bits per heavy atom. The average molecular weight is 342 g/mol. The predicted molar refractivity (Wildman–Crippen MR) is 93.8 cm³/mol. The number of hydrogen-bond acceptors (Lipinski definition) is 5. The number of carbonyl (C=O) groups excluding carboxylic acids is 1. The lowest BCUT2D eigenvalue weighted by molar-refractivity contribution is -0.115. The van der Waals surface area contributed by atoms with E-state index in [-0.39, 0.29) is 11.2 Å². The Hall–Kier alpha value is -2.54. The molecule has 7 heteroatoms. The van der Waals surface area contributed by atoms with Crippen LogP contribution in [-0.2, 0) is 11.8 Å². The number of amides is 1. The summed E-state index contributed by atoms with van der Waals surface area (Å²) in [5.74, 6) is 1.20. The molecule has 1 N–H and O–H groups in total. The van der Waals surface area contributed by atoms with Crippen LogP contribution >= 0.6 is 11.8 Å². The van der Waals surface area contributed by atoms with Crippen molar-refractivity contribution in [1.82, 2.24) is 14.8 Å². The van der Waals surface area contributed by atoms with E-state index in [0.717, 1.165) is 11.3 Å². The Bertz CT molecular complexity index is 842. The molecule has 2 heterocycles. The summed E-state index contributed by atoms with van der Waals surface area (Å²) in [5, 5.41) is 11.6. The fourth-order valence-electron chi connectivity index (χ4n) is 2.22. The summed E-state index contributed by atoms with van der Waals surface area (Å²) in [7, 11) is 1.85. The highest BCUT2D eigenvalue weighted by Gasteiger charge is 2.20. The molecule has 1 aromatic carbocycles. The largest absolute Gasteiger partial charge is 0.461 e. The number of anilines is 1. The van der Waals surface area contributed by atoms with E-state index < -0.39 is 0 Å². The molecule has 3 rings (SSSR count). The summed E-state index contributed by atoms with van der Waals surface area (Å²) < 4.78 is 7.16. The fourth-order valence-corrected chi connectivity index (χ4v) is 3.03. The van der Waals surface area contributed by atoms with Crippen molar-refractivity contribution in [2.24, 2.45) is 7.05 Å². The number of aryl methyl sites for hydroxylation is 1. The van der Waals surface area contributed by atoms with E-state index >= 15 is 0 Å². The van der Waals surface area contributed by atoms with Gasteiger partial charge in [0, 0.05) is 12.7 Å². The molecule has 1 amide bonds. The Morgan fingerprint density at radius 2 is 2.12 bits per heavy atom. The average Bonchev–Trinajstić information content (AvgIpc) is 3.18. The lowest BCUT2D eigenvalue weighted by Gasteiger charge is -2.12. The van der Waals surface area contributed by atoms with Gasteiger partial charge in [-0.3, -0.25) is 4.79 Å². The number of benzene rings is 1. The molecule has 0 aliphatic heterocycles. The molecule has 0 saturated heterocycles. The van der Waals surface area contributed by atoms with Gasteiger partial charge in [0.25, 0.3) is 0 Å². The first-order valence-electron chi connectivity index (χ1n) is 7.52. The second-order valence-corrected chi connectivity index (χ2v) is 6.77. The Kier molecular flexibility index (Phi) is 4.71. The molecular formula is C17H18N4O2S. The quantitative estimate of drug-likeness (QED) is 0.718. The number of nitrogens with zero attached hydrogens (tertiary/aromatic N) is 3. The van der Waals surface area contributed by atoms with Crippen LogP contribution in [0.1, 0.15) is 12.5 Å². The van der Waals surface area contributed by atoms with Crippen LogP contribution < -0.4 is 5.32 Å². The van der Waals surface area contributed by atoms with Crippen molar-refractivity contribution in [1.29, 1.82) is 0 Å². The third-order valence-corrected chi connectivity index (χ3v) is 4.65. The van der Waals surface area contributed by atoms with Gasteiger partial charge in [-0.05, 0) is 43.7 Å². The molecule has 2 aromatic heterocycles. The van der Waals surface area contributed by atoms with E-state index in [1.807, 2.05) is 55.8 Å². The predicted octanol–water partition coefficient (Wildman–Crippen LogP) is 3.50. The maximum Gasteiger partial charge on any atom is 0.237 e. The second kappa shape index (κ2) is 6.92. The summed E-state index contributed by atoms with van der Waals surface area (Å²) in [6, 6.07) is 11.3. The highest BCUT2D eigenvalue weighted by Crippen LogP contribution is 2.26. The van der Waals surface area contributed by atoms with Gasteiger partial charge in [0.05, 0.1) is 11.5 Å². The van der Waals surface area contributed by atoms with Gasteiger partial charge in [-0.2, -0.15) is 0 Å². The van der Waals surface area contributed by atoms with Crippen LogP contribution in [0.2, 0.25) is 0 Å². The zero-order valence-corrected chi connectivity index (χ0v) is 14.5. The highest BCUT2D eigenvalue weighted by molar-refractivity contribution is 8.00. The zero-order chi connectivity index (χ0) is 17.1. The van der Waals surface area contributed by atoms with E-state index in [9.17, 15) is 4.79 Å². The SMILES string of the molecule is Cc1cccc(NC(=O)C(C)Sc2nnc(-c3ccco3)n2C)c1. The summed E-state index contributed by atoms with van der Waals surface area (Å²) in [4.78, 5) is 12.4. The molecule has 6 nitrogen and oxygen atoms in total. The molecule has 3 aromatic rings. The van der Waals surface area contributed by atoms with Gasteiger partial charge in [-0.1, -0.05) is 23.9 Å². The van der Waals surface area contributed by atoms with E-state index in [0.29, 0.717) is 16.7 Å². The van der Waals surface area contributed by atoms with Gasteiger partial charge in [0.2, 0.25) is 5.91 Å². The van der Waals surface area contributed by atoms with Crippen molar-refractivity contribution in [3.8, 4) is 11.6 Å². The molecule has 0 spiro atoms. The van der Waals surface area contributed by atoms with Gasteiger partial charge in [-0.15, -0.1) is 10.2 Å². The number of aromatic nitrogens is 3. The van der Waals surface area contributed by atoms with E-state index in [2.05, 4.69) is 15.5 Å². The Labute approximate surface area is 144 Å². The third-order valence-electron chi connectivity index (χ3n) is 3.51. The summed E-state index contributed by atoms with van der Waals surface area (Å²) in [5.41, 5.74) is 1.89. The fraction of sp³-hybridized carbons (Fsp3) is 0.235. The molecule has 124 valence electrons. The van der Waals surface area contributed by atoms with Gasteiger partial charge in [0.15, 0.2) is 16.7 Å². The second-order valence-electron chi connectivity index (χ2n) is 5.46. The Morgan fingerprint density at radius 3 is 2.83 bits per heavy atom. The minimum Gasteiger partial charge on any atom is -0.461 e. The summed E-state index contributed by atoms with van der Waals surface area (Å²) in [6.07, 6.45) is 1.59. The van der Waals surface area contributed by atoms with E-state index in [1.54, 1.807) is 12.3 Å². The first-order valence-corrected chi connectivity index (χ1v) is 8.40. The number of rotatable bonds is 5. The topological polar surface area (TPSA) is 73.0 Å². The van der Waals surface area contributed by atoms with Crippen LogP contribution in [0.4, 0.5) is 5.69 Å². The van der Waals surface area contributed by atoms with Crippen molar-refractivity contribution in [2.75, 3.05) is 5.32 Å². The minimum absolute atomic E-state index is 0.0758. The molecule has 0 aliphatic rings. The van der Waals surface area contributed by atoms with Gasteiger partial charge >= 0.3 is 0 Å². The zero-order valence-electron chi connectivity index (χ0n) is 13.7. The smallest absolute Gasteiger partial charge is 0.237 e. The van der Waals surface area contributed by atoms with Crippen LogP contribution in [0, 0.1) is 6.92 Å². The summed E-state index contributed by atoms with van der Waals surface area (Å²) in [6.45, 7) is 3.83. The first kappa shape index (κ1) is 16.3. The molecular weight excluding hydrogens is 324 g/mol. The Balaban J connectivity index is 1.68. The molecule has 0 saturated carbocycles. The lowest BCUT2D eigenvalue weighted by Crippen LogP contribution is -2.22. The van der Waals surface area contributed by atoms with Crippen molar-refractivity contribution in [3.63, 3.8) is 0 Å². The molecule has 24 heavy (non-hydrogen) atoms. The van der Waals surface area contributed by atoms with Gasteiger partial charge in [0.1, 0.15) is 0 Å². The van der Waals surface area contributed by atoms with Crippen molar-refractivity contribution < 1.29 is 9.21 Å². The number of nitrogens with one attached hydrogen (secondary N) is 1. The maximum absolute atomic E-state index is 12.4. The van der Waals surface area contributed by atoms with Crippen molar-refractivity contribution in [3.05, 3.63) is 48.2 Å². The monoisotopic (exact) mass is 342 g/mol. The van der Waals surface area contributed by atoms with Crippen LogP contribution in [0.3, 0.4) is 0 Å². The molecule has 0 radical (unpaired) electrons. The van der Waals surface area contributed by atoms with E-state index in [4.69, 9.17) is 4.42 Å². The van der Waals surface area contributed by atoms with Crippen LogP contribution in [-0.4, -0.2) is 25.9 Å². The van der Waals surface area contributed by atoms with Crippen molar-refractivity contribution >= 4 is 23.4 Å². The van der Waals surface area contributed by atoms with Gasteiger partial charge in [-0.25, -0.2) is 0 Å². The highest BCUT2D eigenvalue weighted by atomic mass is 32.2. The minimum atomic E-state index is -0.308. The number of furan rings is 1. The molecule has 0 fully saturated rings. The number of thioether (sulfide) groups is 1. The lowest BCUT2D eigenvalue weighted by atomic mass is 10.2. The van der Waals surface area contributed by atoms with Crippen LogP contribution in [0.25, 0.3) is 11.6 Å². The molecule has 0 aliphatic carbocycles. The van der Waals surface area contributed by atoms with Crippen molar-refractivity contribution in [2.45, 2.75) is 24.3 Å². The standard InChI is InChI=1S/C17H18N4O2S/c1-11-6-4-7-13(10-11)18-16(22)12(2)24-17-20-19-15(21(17)3)14-8-5-9-23-14/h4-10,12H,1-3H3,(H,18,22). The first-order chi connectivity index (χ1) is 11.5. The van der Waals surface area contributed by atoms with Crippen LogP contribution in [0.5, 0.6) is 0 Å². The molecule has 1 unspecified atom stereocenters. The third kappa shape index (κ3) is 3.51. The number of hydrogen-bond donors (Lipinski definition) is 1.